The molecule has 2 N–H and O–H groups in total. The van der Waals surface area contributed by atoms with Gasteiger partial charge in [0.05, 0.1) is 11.5 Å². The van der Waals surface area contributed by atoms with Gasteiger partial charge in [0, 0.05) is 12.7 Å². The number of rotatable bonds is 4. The number of aliphatic hydroxyl groups is 1. The van der Waals surface area contributed by atoms with Crippen molar-refractivity contribution in [2.24, 2.45) is 0 Å². The molecule has 0 aliphatic carbocycles. The third-order valence-electron chi connectivity index (χ3n) is 1.41. The van der Waals surface area contributed by atoms with Crippen LogP contribution < -0.4 is 4.72 Å². The highest BCUT2D eigenvalue weighted by molar-refractivity contribution is 7.89. The molecule has 1 aromatic heterocycles. The van der Waals surface area contributed by atoms with Gasteiger partial charge in [0.1, 0.15) is 5.15 Å². The molecule has 0 fully saturated rings. The van der Waals surface area contributed by atoms with Gasteiger partial charge in [0.15, 0.2) is 0 Å². The number of pyridine rings is 1. The minimum Gasteiger partial charge on any atom is -0.395 e. The zero-order valence-corrected chi connectivity index (χ0v) is 8.72. The molecule has 1 heterocycles. The Hall–Kier alpha value is -0.690. The molecule has 0 aromatic carbocycles. The summed E-state index contributed by atoms with van der Waals surface area (Å²) in [5.74, 6) is 0. The van der Waals surface area contributed by atoms with Gasteiger partial charge in [-0.3, -0.25) is 0 Å². The minimum atomic E-state index is -3.58. The zero-order valence-electron chi connectivity index (χ0n) is 7.14. The standard InChI is InChI=1S/C7H9ClN2O3S/c8-7-5-6(1-2-9-7)14(12,13)10-3-4-11/h1-2,5,10-11H,3-4H2. The molecule has 0 atom stereocenters. The first-order chi connectivity index (χ1) is 6.56. The van der Waals surface area contributed by atoms with Crippen LogP contribution in [-0.4, -0.2) is 31.7 Å². The fraction of sp³-hybridized carbons (Fsp3) is 0.286. The summed E-state index contributed by atoms with van der Waals surface area (Å²) in [5, 5.41) is 8.57. The van der Waals surface area contributed by atoms with Gasteiger partial charge in [-0.05, 0) is 12.1 Å². The van der Waals surface area contributed by atoms with Crippen LogP contribution in [0.15, 0.2) is 23.2 Å². The molecular formula is C7H9ClN2O3S. The normalized spacial score (nSPS) is 11.6. The molecule has 0 radical (unpaired) electrons. The smallest absolute Gasteiger partial charge is 0.240 e. The largest absolute Gasteiger partial charge is 0.395 e. The van der Waals surface area contributed by atoms with Crippen LogP contribution in [-0.2, 0) is 10.0 Å². The summed E-state index contributed by atoms with van der Waals surface area (Å²) in [5.41, 5.74) is 0. The molecule has 14 heavy (non-hydrogen) atoms. The number of aromatic nitrogens is 1. The lowest BCUT2D eigenvalue weighted by Crippen LogP contribution is -2.26. The van der Waals surface area contributed by atoms with Gasteiger partial charge in [-0.2, -0.15) is 0 Å². The van der Waals surface area contributed by atoms with Gasteiger partial charge >= 0.3 is 0 Å². The second-order valence-electron chi connectivity index (χ2n) is 2.44. The van der Waals surface area contributed by atoms with Crippen LogP contribution in [0.4, 0.5) is 0 Å². The molecule has 0 spiro atoms. The van der Waals surface area contributed by atoms with Crippen molar-refractivity contribution in [1.29, 1.82) is 0 Å². The van der Waals surface area contributed by atoms with E-state index in [-0.39, 0.29) is 23.2 Å². The number of sulfonamides is 1. The highest BCUT2D eigenvalue weighted by Gasteiger charge is 2.13. The first kappa shape index (κ1) is 11.4. The number of hydrogen-bond acceptors (Lipinski definition) is 4. The predicted octanol–water partition coefficient (Wildman–Crippen LogP) is 0.00560. The van der Waals surface area contributed by atoms with Crippen molar-refractivity contribution in [2.45, 2.75) is 4.90 Å². The highest BCUT2D eigenvalue weighted by Crippen LogP contribution is 2.11. The van der Waals surface area contributed by atoms with E-state index in [4.69, 9.17) is 16.7 Å². The Morgan fingerprint density at radius 2 is 2.29 bits per heavy atom. The van der Waals surface area contributed by atoms with E-state index in [9.17, 15) is 8.42 Å². The second-order valence-corrected chi connectivity index (χ2v) is 4.59. The Morgan fingerprint density at radius 1 is 1.57 bits per heavy atom. The van der Waals surface area contributed by atoms with E-state index in [0.29, 0.717) is 0 Å². The summed E-state index contributed by atoms with van der Waals surface area (Å²) in [7, 11) is -3.58. The van der Waals surface area contributed by atoms with Crippen molar-refractivity contribution in [2.75, 3.05) is 13.2 Å². The molecule has 0 bridgehead atoms. The van der Waals surface area contributed by atoms with Crippen LogP contribution in [0.25, 0.3) is 0 Å². The summed E-state index contributed by atoms with van der Waals surface area (Å²) in [6.45, 7) is -0.277. The van der Waals surface area contributed by atoms with Gasteiger partial charge in [-0.1, -0.05) is 11.6 Å². The van der Waals surface area contributed by atoms with Crippen molar-refractivity contribution in [3.8, 4) is 0 Å². The van der Waals surface area contributed by atoms with Crippen molar-refractivity contribution >= 4 is 21.6 Å². The monoisotopic (exact) mass is 236 g/mol. The Morgan fingerprint density at radius 3 is 2.86 bits per heavy atom. The van der Waals surface area contributed by atoms with Crippen molar-refractivity contribution in [3.05, 3.63) is 23.5 Å². The first-order valence-electron chi connectivity index (χ1n) is 3.78. The summed E-state index contributed by atoms with van der Waals surface area (Å²) in [6.07, 6.45) is 1.30. The molecule has 0 unspecified atom stereocenters. The topological polar surface area (TPSA) is 79.3 Å². The van der Waals surface area contributed by atoms with Crippen LogP contribution in [0.2, 0.25) is 5.15 Å². The average Bonchev–Trinajstić information content (AvgIpc) is 2.15. The Kier molecular flexibility index (Phi) is 3.82. The third-order valence-corrected chi connectivity index (χ3v) is 3.08. The number of halogens is 1. The lowest BCUT2D eigenvalue weighted by Gasteiger charge is -2.04. The average molecular weight is 237 g/mol. The van der Waals surface area contributed by atoms with E-state index in [2.05, 4.69) is 9.71 Å². The van der Waals surface area contributed by atoms with Crippen LogP contribution in [0.3, 0.4) is 0 Å². The molecule has 0 saturated carbocycles. The Bertz CT molecular complexity index is 407. The molecule has 0 aliphatic rings. The van der Waals surface area contributed by atoms with E-state index < -0.39 is 10.0 Å². The second kappa shape index (κ2) is 4.70. The first-order valence-corrected chi connectivity index (χ1v) is 5.64. The van der Waals surface area contributed by atoms with Crippen LogP contribution in [0.5, 0.6) is 0 Å². The van der Waals surface area contributed by atoms with Gasteiger partial charge in [-0.25, -0.2) is 18.1 Å². The molecular weight excluding hydrogens is 228 g/mol. The van der Waals surface area contributed by atoms with Crippen LogP contribution in [0.1, 0.15) is 0 Å². The maximum Gasteiger partial charge on any atom is 0.240 e. The van der Waals surface area contributed by atoms with E-state index >= 15 is 0 Å². The molecule has 0 aliphatic heterocycles. The van der Waals surface area contributed by atoms with Gasteiger partial charge in [0.25, 0.3) is 0 Å². The quantitative estimate of drug-likeness (QED) is 0.722. The van der Waals surface area contributed by atoms with Crippen molar-refractivity contribution < 1.29 is 13.5 Å². The van der Waals surface area contributed by atoms with E-state index in [1.807, 2.05) is 0 Å². The highest BCUT2D eigenvalue weighted by atomic mass is 35.5. The number of aliphatic hydroxyl groups excluding tert-OH is 1. The lowest BCUT2D eigenvalue weighted by molar-refractivity contribution is 0.301. The van der Waals surface area contributed by atoms with Gasteiger partial charge in [-0.15, -0.1) is 0 Å². The molecule has 7 heteroatoms. The maximum absolute atomic E-state index is 11.4. The maximum atomic E-state index is 11.4. The number of nitrogens with zero attached hydrogens (tertiary/aromatic N) is 1. The van der Waals surface area contributed by atoms with Crippen LogP contribution in [0, 0.1) is 0 Å². The van der Waals surface area contributed by atoms with E-state index in [1.165, 1.54) is 18.3 Å². The number of nitrogens with one attached hydrogen (secondary N) is 1. The van der Waals surface area contributed by atoms with Gasteiger partial charge in [0.2, 0.25) is 10.0 Å². The minimum absolute atomic E-state index is 0.0255. The van der Waals surface area contributed by atoms with E-state index in [1.54, 1.807) is 0 Å². The molecule has 78 valence electrons. The predicted molar refractivity (Wildman–Crippen MR) is 51.5 cm³/mol. The Labute approximate surface area is 86.8 Å². The molecule has 0 amide bonds. The number of hydrogen-bond donors (Lipinski definition) is 2. The zero-order chi connectivity index (χ0) is 10.6. The van der Waals surface area contributed by atoms with Crippen LogP contribution >= 0.6 is 11.6 Å². The fourth-order valence-electron chi connectivity index (χ4n) is 0.815. The van der Waals surface area contributed by atoms with Crippen molar-refractivity contribution in [1.82, 2.24) is 9.71 Å². The van der Waals surface area contributed by atoms with Crippen molar-refractivity contribution in [3.63, 3.8) is 0 Å². The molecule has 0 saturated heterocycles. The lowest BCUT2D eigenvalue weighted by atomic mass is 10.5. The summed E-state index contributed by atoms with van der Waals surface area (Å²) >= 11 is 5.53. The summed E-state index contributed by atoms with van der Waals surface area (Å²) in [6, 6.07) is 2.56. The Balaban J connectivity index is 2.93. The molecule has 5 nitrogen and oxygen atoms in total. The summed E-state index contributed by atoms with van der Waals surface area (Å²) in [4.78, 5) is 3.69. The summed E-state index contributed by atoms with van der Waals surface area (Å²) < 4.78 is 25.1. The molecule has 1 rings (SSSR count). The molecule has 1 aromatic rings. The van der Waals surface area contributed by atoms with Gasteiger partial charge < -0.3 is 5.11 Å². The SMILES string of the molecule is O=S(=O)(NCCO)c1ccnc(Cl)c1. The fourth-order valence-corrected chi connectivity index (χ4v) is 2.09. The van der Waals surface area contributed by atoms with E-state index in [0.717, 1.165) is 0 Å². The third kappa shape index (κ3) is 2.91.